The number of hydrogen-bond donors (Lipinski definition) is 0. The van der Waals surface area contributed by atoms with Crippen molar-refractivity contribution in [2.45, 2.75) is 6.61 Å². The van der Waals surface area contributed by atoms with E-state index in [0.717, 1.165) is 0 Å². The fraction of sp³-hybridized carbons (Fsp3) is 0.167. The smallest absolute Gasteiger partial charge is 0.124 e. The molecule has 3 heteroatoms. The van der Waals surface area contributed by atoms with E-state index in [0.29, 0.717) is 10.7 Å². The average Bonchev–Trinajstić information content (AvgIpc) is 1.90. The highest BCUT2D eigenvalue weighted by atomic mass is 35.5. The second-order valence-electron chi connectivity index (χ2n) is 1.61. The van der Waals surface area contributed by atoms with Crippen molar-refractivity contribution in [2.24, 2.45) is 0 Å². The molecule has 0 bridgehead atoms. The van der Waals surface area contributed by atoms with Crippen LogP contribution < -0.4 is 0 Å². The number of aromatic nitrogens is 1. The van der Waals surface area contributed by atoms with E-state index in [1.54, 1.807) is 12.1 Å². The first kappa shape index (κ1) is 6.52. The van der Waals surface area contributed by atoms with E-state index in [4.69, 9.17) is 11.6 Å². The van der Waals surface area contributed by atoms with Crippen LogP contribution in [0.2, 0.25) is 5.02 Å². The fourth-order valence-corrected chi connectivity index (χ4v) is 0.604. The lowest BCUT2D eigenvalue weighted by Gasteiger charge is -1.90. The van der Waals surface area contributed by atoms with Gasteiger partial charge in [-0.3, -0.25) is 4.98 Å². The van der Waals surface area contributed by atoms with Gasteiger partial charge < -0.3 is 0 Å². The Kier molecular flexibility index (Phi) is 2.03. The second kappa shape index (κ2) is 2.80. The maximum atomic E-state index is 10.1. The standard InChI is InChI=1S/C6H5ClNO/c7-5-1-2-6(4-9)8-3-5/h1-3H,4H2. The Morgan fingerprint density at radius 2 is 2.33 bits per heavy atom. The summed E-state index contributed by atoms with van der Waals surface area (Å²) in [6.45, 7) is -0.281. The van der Waals surface area contributed by atoms with E-state index < -0.39 is 0 Å². The highest BCUT2D eigenvalue weighted by Crippen LogP contribution is 2.05. The van der Waals surface area contributed by atoms with Crippen molar-refractivity contribution in [3.05, 3.63) is 29.0 Å². The Labute approximate surface area is 58.1 Å². The van der Waals surface area contributed by atoms with Crippen LogP contribution in [0, 0.1) is 0 Å². The molecule has 0 saturated heterocycles. The predicted molar refractivity (Wildman–Crippen MR) is 33.6 cm³/mol. The van der Waals surface area contributed by atoms with Crippen LogP contribution in [0.4, 0.5) is 0 Å². The van der Waals surface area contributed by atoms with Gasteiger partial charge in [0.2, 0.25) is 0 Å². The van der Waals surface area contributed by atoms with Crippen LogP contribution in [-0.4, -0.2) is 4.98 Å². The highest BCUT2D eigenvalue weighted by Gasteiger charge is 1.89. The molecule has 1 heterocycles. The third kappa shape index (κ3) is 1.66. The fourth-order valence-electron chi connectivity index (χ4n) is 0.492. The molecule has 0 aliphatic carbocycles. The zero-order chi connectivity index (χ0) is 6.69. The van der Waals surface area contributed by atoms with Gasteiger partial charge in [0.1, 0.15) is 6.61 Å². The summed E-state index contributed by atoms with van der Waals surface area (Å²) < 4.78 is 0. The summed E-state index contributed by atoms with van der Waals surface area (Å²) in [6.07, 6.45) is 1.47. The molecule has 0 amide bonds. The molecule has 0 fully saturated rings. The van der Waals surface area contributed by atoms with E-state index >= 15 is 0 Å². The minimum atomic E-state index is -0.281. The summed E-state index contributed by atoms with van der Waals surface area (Å²) in [5, 5.41) is 10.7. The van der Waals surface area contributed by atoms with Gasteiger partial charge in [-0.15, -0.1) is 0 Å². The van der Waals surface area contributed by atoms with Crippen molar-refractivity contribution in [1.29, 1.82) is 0 Å². The number of nitrogens with zero attached hydrogens (tertiary/aromatic N) is 1. The van der Waals surface area contributed by atoms with Gasteiger partial charge in [-0.25, -0.2) is 5.11 Å². The van der Waals surface area contributed by atoms with Gasteiger partial charge in [0, 0.05) is 6.20 Å². The Hall–Kier alpha value is -0.600. The van der Waals surface area contributed by atoms with Crippen LogP contribution in [0.15, 0.2) is 18.3 Å². The monoisotopic (exact) mass is 142 g/mol. The van der Waals surface area contributed by atoms with E-state index in [-0.39, 0.29) is 6.61 Å². The van der Waals surface area contributed by atoms with Crippen LogP contribution in [0.5, 0.6) is 0 Å². The van der Waals surface area contributed by atoms with E-state index in [2.05, 4.69) is 4.98 Å². The molecule has 1 aromatic heterocycles. The third-order valence-corrected chi connectivity index (χ3v) is 1.16. The van der Waals surface area contributed by atoms with Crippen LogP contribution >= 0.6 is 11.6 Å². The van der Waals surface area contributed by atoms with Crippen LogP contribution in [0.1, 0.15) is 5.69 Å². The molecule has 2 nitrogen and oxygen atoms in total. The number of rotatable bonds is 1. The van der Waals surface area contributed by atoms with Gasteiger partial charge in [0.05, 0.1) is 10.7 Å². The van der Waals surface area contributed by atoms with Crippen molar-refractivity contribution in [2.75, 3.05) is 0 Å². The lowest BCUT2D eigenvalue weighted by Crippen LogP contribution is -1.84. The number of pyridine rings is 1. The van der Waals surface area contributed by atoms with Crippen molar-refractivity contribution in [3.8, 4) is 0 Å². The van der Waals surface area contributed by atoms with Gasteiger partial charge in [0.25, 0.3) is 0 Å². The van der Waals surface area contributed by atoms with Crippen LogP contribution in [0.3, 0.4) is 0 Å². The zero-order valence-corrected chi connectivity index (χ0v) is 5.43. The number of halogens is 1. The topological polar surface area (TPSA) is 32.8 Å². The minimum Gasteiger partial charge on any atom is -0.257 e. The van der Waals surface area contributed by atoms with Crippen molar-refractivity contribution in [1.82, 2.24) is 4.98 Å². The van der Waals surface area contributed by atoms with Crippen molar-refractivity contribution in [3.63, 3.8) is 0 Å². The molecule has 0 atom stereocenters. The summed E-state index contributed by atoms with van der Waals surface area (Å²) in [6, 6.07) is 3.27. The van der Waals surface area contributed by atoms with Crippen molar-refractivity contribution >= 4 is 11.6 Å². The summed E-state index contributed by atoms with van der Waals surface area (Å²) in [5.41, 5.74) is 0.527. The Balaban J connectivity index is 2.88. The Bertz CT molecular complexity index is 185. The molecule has 1 rings (SSSR count). The molecular formula is C6H5ClNO. The summed E-state index contributed by atoms with van der Waals surface area (Å²) >= 11 is 5.50. The maximum Gasteiger partial charge on any atom is 0.124 e. The van der Waals surface area contributed by atoms with Gasteiger partial charge in [-0.1, -0.05) is 11.6 Å². The lowest BCUT2D eigenvalue weighted by atomic mass is 10.4. The lowest BCUT2D eigenvalue weighted by molar-refractivity contribution is 0.174. The molecule has 0 unspecified atom stereocenters. The third-order valence-electron chi connectivity index (χ3n) is 0.937. The Morgan fingerprint density at radius 1 is 1.56 bits per heavy atom. The SMILES string of the molecule is [O]Cc1ccc(Cl)cn1. The number of hydrogen-bond acceptors (Lipinski definition) is 1. The van der Waals surface area contributed by atoms with Crippen molar-refractivity contribution < 1.29 is 5.11 Å². The van der Waals surface area contributed by atoms with Gasteiger partial charge in [-0.2, -0.15) is 0 Å². The molecule has 0 spiro atoms. The first-order valence-corrected chi connectivity index (χ1v) is 2.89. The van der Waals surface area contributed by atoms with E-state index in [1.165, 1.54) is 6.20 Å². The second-order valence-corrected chi connectivity index (χ2v) is 2.05. The summed E-state index contributed by atoms with van der Waals surface area (Å²) in [5.74, 6) is 0. The molecule has 1 radical (unpaired) electrons. The normalized spacial score (nSPS) is 9.56. The first-order chi connectivity index (χ1) is 4.33. The molecule has 47 valence electrons. The minimum absolute atomic E-state index is 0.281. The maximum absolute atomic E-state index is 10.1. The highest BCUT2D eigenvalue weighted by molar-refractivity contribution is 6.30. The largest absolute Gasteiger partial charge is 0.257 e. The average molecular weight is 143 g/mol. The molecular weight excluding hydrogens is 138 g/mol. The molecule has 0 aromatic carbocycles. The molecule has 9 heavy (non-hydrogen) atoms. The summed E-state index contributed by atoms with van der Waals surface area (Å²) in [4.78, 5) is 3.75. The molecule has 0 aliphatic heterocycles. The molecule has 1 aromatic rings. The quantitative estimate of drug-likeness (QED) is 0.587. The summed E-state index contributed by atoms with van der Waals surface area (Å²) in [7, 11) is 0. The molecule has 0 saturated carbocycles. The van der Waals surface area contributed by atoms with Gasteiger partial charge in [0.15, 0.2) is 0 Å². The molecule has 0 N–H and O–H groups in total. The van der Waals surface area contributed by atoms with Crippen LogP contribution in [0.25, 0.3) is 0 Å². The van der Waals surface area contributed by atoms with Gasteiger partial charge >= 0.3 is 0 Å². The predicted octanol–water partition coefficient (Wildman–Crippen LogP) is 1.67. The molecule has 0 aliphatic rings. The Morgan fingerprint density at radius 3 is 2.78 bits per heavy atom. The van der Waals surface area contributed by atoms with E-state index in [1.807, 2.05) is 0 Å². The first-order valence-electron chi connectivity index (χ1n) is 2.51. The zero-order valence-electron chi connectivity index (χ0n) is 4.67. The van der Waals surface area contributed by atoms with Crippen LogP contribution in [-0.2, 0) is 11.7 Å². The van der Waals surface area contributed by atoms with E-state index in [9.17, 15) is 5.11 Å². The van der Waals surface area contributed by atoms with Gasteiger partial charge in [-0.05, 0) is 12.1 Å².